The fraction of sp³-hybridized carbons (Fsp3) is 0.300. The molecular formula is C10H11N. The highest BCUT2D eigenvalue weighted by Crippen LogP contribution is 2.04. The summed E-state index contributed by atoms with van der Waals surface area (Å²) < 4.78 is 7.25. The Labute approximate surface area is 68.7 Å². The molecule has 1 nitrogen and oxygen atoms in total. The van der Waals surface area contributed by atoms with Gasteiger partial charge in [0.25, 0.3) is 0 Å². The van der Waals surface area contributed by atoms with Crippen molar-refractivity contribution in [1.82, 2.24) is 0 Å². The first-order valence-electron chi connectivity index (χ1n) is 4.17. The van der Waals surface area contributed by atoms with E-state index >= 15 is 0 Å². The van der Waals surface area contributed by atoms with E-state index in [0.29, 0.717) is 6.42 Å². The maximum absolute atomic E-state index is 8.41. The molecule has 0 saturated heterocycles. The first-order chi connectivity index (χ1) is 5.72. The van der Waals surface area contributed by atoms with E-state index in [-0.39, 0.29) is 0 Å². The molecule has 0 heterocycles. The van der Waals surface area contributed by atoms with Gasteiger partial charge in [-0.05, 0) is 18.9 Å². The van der Waals surface area contributed by atoms with Crippen LogP contribution in [0, 0.1) is 18.3 Å². The minimum absolute atomic E-state index is 0.525. The van der Waals surface area contributed by atoms with Crippen LogP contribution in [-0.4, -0.2) is 0 Å². The van der Waals surface area contributed by atoms with Crippen LogP contribution in [-0.2, 0) is 6.42 Å². The summed E-state index contributed by atoms with van der Waals surface area (Å²) in [5, 5.41) is 8.41. The van der Waals surface area contributed by atoms with Crippen LogP contribution in [0.15, 0.2) is 24.3 Å². The lowest BCUT2D eigenvalue weighted by Gasteiger charge is -1.96. The first kappa shape index (κ1) is 6.42. The predicted molar refractivity (Wildman–Crippen MR) is 45.1 cm³/mol. The summed E-state index contributed by atoms with van der Waals surface area (Å²) in [4.78, 5) is 0. The molecule has 1 aromatic carbocycles. The van der Waals surface area contributed by atoms with E-state index in [4.69, 9.17) is 6.63 Å². The van der Waals surface area contributed by atoms with E-state index in [1.165, 1.54) is 5.56 Å². The molecule has 56 valence electrons. The molecule has 1 rings (SSSR count). The quantitative estimate of drug-likeness (QED) is 0.628. The smallest absolute Gasteiger partial charge is 0.0625 e. The maximum Gasteiger partial charge on any atom is 0.0625 e. The van der Waals surface area contributed by atoms with Crippen molar-refractivity contribution in [2.24, 2.45) is 0 Å². The molecule has 0 saturated carbocycles. The molecule has 0 aliphatic heterocycles. The average molecular weight is 146 g/mol. The Morgan fingerprint density at radius 1 is 1.45 bits per heavy atom. The highest BCUT2D eigenvalue weighted by Gasteiger charge is 1.90. The largest absolute Gasteiger partial charge is 0.198 e. The summed E-state index contributed by atoms with van der Waals surface area (Å²) in [6.07, 6.45) is -0.107. The molecule has 0 aliphatic carbocycles. The van der Waals surface area contributed by atoms with Gasteiger partial charge in [-0.15, -0.1) is 0 Å². The molecule has 1 aromatic rings. The van der Waals surface area contributed by atoms with Crippen molar-refractivity contribution in [2.75, 3.05) is 0 Å². The molecule has 0 N–H and O–H groups in total. The Bertz CT molecular complexity index is 284. The summed E-state index contributed by atoms with van der Waals surface area (Å²) in [5.74, 6) is 0. The zero-order valence-corrected chi connectivity index (χ0v) is 6.54. The second kappa shape index (κ2) is 3.78. The molecule has 1 atom stereocenters. The topological polar surface area (TPSA) is 23.8 Å². The standard InChI is InChI=1S/C10H11N/c1-9-4-6-10(7-5-9)3-2-8-11/h4-7H,2-3H2,1H3/i2D. The van der Waals surface area contributed by atoms with Gasteiger partial charge in [0.1, 0.15) is 0 Å². The zero-order chi connectivity index (χ0) is 8.97. The summed E-state index contributed by atoms with van der Waals surface area (Å²) in [7, 11) is 0. The molecule has 0 fully saturated rings. The van der Waals surface area contributed by atoms with Crippen LogP contribution < -0.4 is 0 Å². The highest BCUT2D eigenvalue weighted by molar-refractivity contribution is 5.21. The average Bonchev–Trinajstić information content (AvgIpc) is 2.09. The Morgan fingerprint density at radius 3 is 2.64 bits per heavy atom. The molecule has 0 aliphatic rings. The van der Waals surface area contributed by atoms with Crippen LogP contribution >= 0.6 is 0 Å². The zero-order valence-electron chi connectivity index (χ0n) is 7.54. The number of nitriles is 1. The highest BCUT2D eigenvalue weighted by atomic mass is 14.2. The molecule has 0 bridgehead atoms. The lowest BCUT2D eigenvalue weighted by atomic mass is 10.1. The van der Waals surface area contributed by atoms with Gasteiger partial charge in [0.2, 0.25) is 0 Å². The Morgan fingerprint density at radius 2 is 2.09 bits per heavy atom. The van der Waals surface area contributed by atoms with Gasteiger partial charge >= 0.3 is 0 Å². The van der Waals surface area contributed by atoms with Crippen LogP contribution in [0.1, 0.15) is 18.9 Å². The number of hydrogen-bond donors (Lipinski definition) is 0. The fourth-order valence-electron chi connectivity index (χ4n) is 0.888. The Balaban J connectivity index is 2.66. The van der Waals surface area contributed by atoms with Gasteiger partial charge in [-0.2, -0.15) is 5.26 Å². The van der Waals surface area contributed by atoms with Crippen LogP contribution in [0.2, 0.25) is 0 Å². The monoisotopic (exact) mass is 146 g/mol. The van der Waals surface area contributed by atoms with E-state index < -0.39 is 6.40 Å². The number of nitrogens with zero attached hydrogens (tertiary/aromatic N) is 1. The van der Waals surface area contributed by atoms with Gasteiger partial charge < -0.3 is 0 Å². The summed E-state index contributed by atoms with van der Waals surface area (Å²) in [6.45, 7) is 2.02. The predicted octanol–water partition coefficient (Wildman–Crippen LogP) is 2.45. The molecule has 0 spiro atoms. The normalized spacial score (nSPS) is 13.3. The molecular weight excluding hydrogens is 134 g/mol. The number of aryl methyl sites for hydroxylation is 2. The number of hydrogen-bond acceptors (Lipinski definition) is 1. The Kier molecular flexibility index (Phi) is 2.20. The molecule has 0 radical (unpaired) electrons. The van der Waals surface area contributed by atoms with E-state index in [9.17, 15) is 0 Å². The van der Waals surface area contributed by atoms with E-state index in [0.717, 1.165) is 5.56 Å². The van der Waals surface area contributed by atoms with Gasteiger partial charge in [-0.3, -0.25) is 0 Å². The minimum Gasteiger partial charge on any atom is -0.198 e. The molecule has 0 aromatic heterocycles. The lowest BCUT2D eigenvalue weighted by Crippen LogP contribution is -1.82. The number of benzene rings is 1. The van der Waals surface area contributed by atoms with Gasteiger partial charge in [-0.1, -0.05) is 29.8 Å². The van der Waals surface area contributed by atoms with Gasteiger partial charge in [0.15, 0.2) is 0 Å². The van der Waals surface area contributed by atoms with E-state index in [2.05, 4.69) is 0 Å². The van der Waals surface area contributed by atoms with Crippen molar-refractivity contribution >= 4 is 0 Å². The SMILES string of the molecule is [2H]C(C#N)Cc1ccc(C)cc1. The van der Waals surface area contributed by atoms with Crippen molar-refractivity contribution in [3.63, 3.8) is 0 Å². The van der Waals surface area contributed by atoms with Gasteiger partial charge in [0.05, 0.1) is 6.07 Å². The van der Waals surface area contributed by atoms with Crippen molar-refractivity contribution in [3.8, 4) is 6.07 Å². The third-order valence-electron chi connectivity index (χ3n) is 1.55. The summed E-state index contributed by atoms with van der Waals surface area (Å²) in [5.41, 5.74) is 2.26. The second-order valence-corrected chi connectivity index (χ2v) is 2.52. The molecule has 1 unspecified atom stereocenters. The van der Waals surface area contributed by atoms with Crippen molar-refractivity contribution in [1.29, 1.82) is 5.26 Å². The number of rotatable bonds is 2. The third-order valence-corrected chi connectivity index (χ3v) is 1.55. The molecule has 1 heteroatoms. The van der Waals surface area contributed by atoms with E-state index in [1.54, 1.807) is 0 Å². The van der Waals surface area contributed by atoms with Gasteiger partial charge in [-0.25, -0.2) is 0 Å². The summed E-state index contributed by atoms with van der Waals surface area (Å²) in [6, 6.07) is 9.83. The minimum atomic E-state index is -0.632. The van der Waals surface area contributed by atoms with Crippen molar-refractivity contribution in [3.05, 3.63) is 35.4 Å². The van der Waals surface area contributed by atoms with Crippen LogP contribution in [0.25, 0.3) is 0 Å². The molecule has 0 amide bonds. The van der Waals surface area contributed by atoms with Crippen LogP contribution in [0.4, 0.5) is 0 Å². The maximum atomic E-state index is 8.41. The molecule has 11 heavy (non-hydrogen) atoms. The lowest BCUT2D eigenvalue weighted by molar-refractivity contribution is 1.01. The third kappa shape index (κ3) is 2.43. The first-order valence-corrected chi connectivity index (χ1v) is 3.60. The van der Waals surface area contributed by atoms with Crippen molar-refractivity contribution in [2.45, 2.75) is 19.7 Å². The Hall–Kier alpha value is -1.29. The second-order valence-electron chi connectivity index (χ2n) is 2.52. The fourth-order valence-corrected chi connectivity index (χ4v) is 0.888. The summed E-state index contributed by atoms with van der Waals surface area (Å²) >= 11 is 0. The van der Waals surface area contributed by atoms with Crippen LogP contribution in [0.3, 0.4) is 0 Å². The van der Waals surface area contributed by atoms with Gasteiger partial charge in [0, 0.05) is 7.77 Å². The van der Waals surface area contributed by atoms with Crippen molar-refractivity contribution < 1.29 is 1.37 Å². The van der Waals surface area contributed by atoms with E-state index in [1.807, 2.05) is 37.3 Å². The van der Waals surface area contributed by atoms with Crippen LogP contribution in [0.5, 0.6) is 0 Å².